The van der Waals surface area contributed by atoms with Gasteiger partial charge in [0.15, 0.2) is 0 Å². The van der Waals surface area contributed by atoms with Crippen LogP contribution in [0.4, 0.5) is 0 Å². The van der Waals surface area contributed by atoms with Gasteiger partial charge >= 0.3 is 5.97 Å². The zero-order valence-corrected chi connectivity index (χ0v) is 7.69. The Balaban J connectivity index is -0.000000117. The molecule has 5 heteroatoms. The number of rotatable bonds is 2. The quantitative estimate of drug-likeness (QED) is 0.499. The van der Waals surface area contributed by atoms with E-state index >= 15 is 0 Å². The Kier molecular flexibility index (Phi) is 22.5. The summed E-state index contributed by atoms with van der Waals surface area (Å²) in [6.07, 6.45) is 2.06. The van der Waals surface area contributed by atoms with Crippen LogP contribution in [0.1, 0.15) is 20.3 Å². The maximum absolute atomic E-state index is 9.37. The Bertz CT molecular complexity index is 152. The lowest BCUT2D eigenvalue weighted by molar-refractivity contribution is -0.137. The normalized spacial score (nSPS) is 6.31. The number of carboxylic acid groups (broad SMARTS) is 2. The van der Waals surface area contributed by atoms with Crippen LogP contribution in [0.15, 0.2) is 12.7 Å². The molecular weight excluding hydrogens is 176 g/mol. The molecule has 5 nitrogen and oxygen atoms in total. The molecule has 0 saturated carbocycles. The number of carboxylic acids is 2. The van der Waals surface area contributed by atoms with Gasteiger partial charge in [0, 0.05) is 13.3 Å². The maximum Gasteiger partial charge on any atom is 0.303 e. The van der Waals surface area contributed by atoms with Crippen LogP contribution < -0.4 is 0 Å². The molecule has 0 heterocycles. The highest BCUT2D eigenvalue weighted by molar-refractivity contribution is 5.66. The van der Waals surface area contributed by atoms with Crippen LogP contribution in [0.25, 0.3) is 0 Å². The second-order valence-corrected chi connectivity index (χ2v) is 1.64. The summed E-state index contributed by atoms with van der Waals surface area (Å²) in [6, 6.07) is 0. The highest BCUT2D eigenvalue weighted by Crippen LogP contribution is 1.67. The SMILES string of the molecule is C=CC=O.CC(=O)O.CCC(=O)O. The minimum Gasteiger partial charge on any atom is -0.481 e. The summed E-state index contributed by atoms with van der Waals surface area (Å²) >= 11 is 0. The molecule has 0 saturated heterocycles. The van der Waals surface area contributed by atoms with Crippen molar-refractivity contribution in [3.05, 3.63) is 12.7 Å². The van der Waals surface area contributed by atoms with Gasteiger partial charge in [-0.2, -0.15) is 0 Å². The Labute approximate surface area is 76.7 Å². The van der Waals surface area contributed by atoms with E-state index in [4.69, 9.17) is 19.8 Å². The fourth-order valence-corrected chi connectivity index (χ4v) is 0. The minimum absolute atomic E-state index is 0.222. The third-order valence-corrected chi connectivity index (χ3v) is 0.399. The first-order valence-corrected chi connectivity index (χ1v) is 3.39. The monoisotopic (exact) mass is 190 g/mol. The van der Waals surface area contributed by atoms with E-state index in [1.54, 1.807) is 6.92 Å². The summed E-state index contributed by atoms with van der Waals surface area (Å²) in [6.45, 7) is 5.79. The van der Waals surface area contributed by atoms with Gasteiger partial charge in [-0.05, 0) is 6.08 Å². The van der Waals surface area contributed by atoms with Gasteiger partial charge in [0.2, 0.25) is 0 Å². The molecule has 76 valence electrons. The van der Waals surface area contributed by atoms with Crippen LogP contribution in [0.5, 0.6) is 0 Å². The Morgan fingerprint density at radius 3 is 1.54 bits per heavy atom. The highest BCUT2D eigenvalue weighted by Gasteiger charge is 1.80. The molecule has 0 aromatic heterocycles. The molecule has 0 atom stereocenters. The average Bonchev–Trinajstić information content (AvgIpc) is 2.04. The van der Waals surface area contributed by atoms with E-state index < -0.39 is 11.9 Å². The van der Waals surface area contributed by atoms with Crippen LogP contribution in [0.3, 0.4) is 0 Å². The van der Waals surface area contributed by atoms with Gasteiger partial charge in [-0.3, -0.25) is 14.4 Å². The summed E-state index contributed by atoms with van der Waals surface area (Å²) in [5.41, 5.74) is 0. The van der Waals surface area contributed by atoms with Gasteiger partial charge < -0.3 is 10.2 Å². The van der Waals surface area contributed by atoms with Crippen molar-refractivity contribution in [2.45, 2.75) is 20.3 Å². The summed E-state index contributed by atoms with van der Waals surface area (Å²) in [5.74, 6) is -1.58. The Morgan fingerprint density at radius 2 is 1.54 bits per heavy atom. The van der Waals surface area contributed by atoms with Crippen molar-refractivity contribution in [3.63, 3.8) is 0 Å². The summed E-state index contributed by atoms with van der Waals surface area (Å²) < 4.78 is 0. The van der Waals surface area contributed by atoms with Crippen molar-refractivity contribution >= 4 is 18.2 Å². The molecule has 0 bridgehead atoms. The molecule has 0 fully saturated rings. The molecule has 0 aromatic carbocycles. The Morgan fingerprint density at radius 1 is 1.38 bits per heavy atom. The van der Waals surface area contributed by atoms with E-state index in [2.05, 4.69) is 6.58 Å². The van der Waals surface area contributed by atoms with E-state index in [9.17, 15) is 4.79 Å². The zero-order chi connectivity index (χ0) is 11.3. The lowest BCUT2D eigenvalue weighted by atomic mass is 10.5. The van der Waals surface area contributed by atoms with Crippen molar-refractivity contribution in [2.24, 2.45) is 0 Å². The number of aliphatic carboxylic acids is 2. The summed E-state index contributed by atoms with van der Waals surface area (Å²) in [4.78, 5) is 27.4. The molecule has 0 spiro atoms. The van der Waals surface area contributed by atoms with Crippen molar-refractivity contribution in [1.29, 1.82) is 0 Å². The molecule has 0 rings (SSSR count). The standard InChI is InChI=1S/C3H6O2.C3H4O.C2H4O2/c1-2-3(4)5;1-2-3-4;1-2(3)4/h2H2,1H3,(H,4,5);2-3H,1H2;1H3,(H,3,4). The number of aldehydes is 1. The largest absolute Gasteiger partial charge is 0.481 e. The summed E-state index contributed by atoms with van der Waals surface area (Å²) in [5, 5.41) is 15.1. The van der Waals surface area contributed by atoms with E-state index in [1.807, 2.05) is 0 Å². The van der Waals surface area contributed by atoms with Gasteiger partial charge in [-0.15, -0.1) is 0 Å². The number of carbonyl (C=O) groups is 3. The van der Waals surface area contributed by atoms with Gasteiger partial charge in [0.25, 0.3) is 5.97 Å². The zero-order valence-electron chi connectivity index (χ0n) is 7.69. The predicted octanol–water partition coefficient (Wildman–Crippen LogP) is 0.943. The lowest BCUT2D eigenvalue weighted by Gasteiger charge is -1.71. The van der Waals surface area contributed by atoms with Crippen molar-refractivity contribution in [1.82, 2.24) is 0 Å². The highest BCUT2D eigenvalue weighted by atomic mass is 16.4. The third kappa shape index (κ3) is 396. The predicted molar refractivity (Wildman–Crippen MR) is 47.5 cm³/mol. The molecule has 2 N–H and O–H groups in total. The number of allylic oxidation sites excluding steroid dienone is 1. The van der Waals surface area contributed by atoms with Crippen LogP contribution in [-0.2, 0) is 14.4 Å². The first kappa shape index (κ1) is 17.4. The van der Waals surface area contributed by atoms with E-state index in [0.29, 0.717) is 6.29 Å². The fourth-order valence-electron chi connectivity index (χ4n) is 0. The first-order valence-electron chi connectivity index (χ1n) is 3.39. The van der Waals surface area contributed by atoms with E-state index in [1.165, 1.54) is 6.08 Å². The fraction of sp³-hybridized carbons (Fsp3) is 0.375. The van der Waals surface area contributed by atoms with Gasteiger partial charge in [0.1, 0.15) is 6.29 Å². The lowest BCUT2D eigenvalue weighted by Crippen LogP contribution is -1.86. The van der Waals surface area contributed by atoms with Gasteiger partial charge in [0.05, 0.1) is 0 Å². The Hall–Kier alpha value is -1.65. The second-order valence-electron chi connectivity index (χ2n) is 1.64. The first-order chi connectivity index (χ1) is 5.92. The molecule has 0 radical (unpaired) electrons. The number of carbonyl (C=O) groups excluding carboxylic acids is 1. The summed E-state index contributed by atoms with van der Waals surface area (Å²) in [7, 11) is 0. The van der Waals surface area contributed by atoms with E-state index in [0.717, 1.165) is 6.92 Å². The smallest absolute Gasteiger partial charge is 0.303 e. The topological polar surface area (TPSA) is 91.7 Å². The molecule has 0 aromatic rings. The molecule has 13 heavy (non-hydrogen) atoms. The molecule has 0 aliphatic carbocycles. The molecule has 0 aliphatic rings. The van der Waals surface area contributed by atoms with Gasteiger partial charge in [-0.25, -0.2) is 0 Å². The third-order valence-electron chi connectivity index (χ3n) is 0.399. The molecule has 0 aliphatic heterocycles. The number of hydrogen-bond acceptors (Lipinski definition) is 3. The van der Waals surface area contributed by atoms with Crippen molar-refractivity contribution < 1.29 is 24.6 Å². The average molecular weight is 190 g/mol. The minimum atomic E-state index is -0.833. The second kappa shape index (κ2) is 16.7. The van der Waals surface area contributed by atoms with Crippen LogP contribution >= 0.6 is 0 Å². The molecule has 0 unspecified atom stereocenters. The van der Waals surface area contributed by atoms with Crippen LogP contribution in [-0.4, -0.2) is 28.4 Å². The van der Waals surface area contributed by atoms with Crippen molar-refractivity contribution in [2.75, 3.05) is 0 Å². The maximum atomic E-state index is 9.37. The molecular formula is C8H14O5. The van der Waals surface area contributed by atoms with Crippen molar-refractivity contribution in [3.8, 4) is 0 Å². The van der Waals surface area contributed by atoms with Gasteiger partial charge in [-0.1, -0.05) is 13.5 Å². The van der Waals surface area contributed by atoms with E-state index in [-0.39, 0.29) is 6.42 Å². The van der Waals surface area contributed by atoms with Crippen LogP contribution in [0, 0.1) is 0 Å². The number of hydrogen-bond donors (Lipinski definition) is 2. The molecule has 0 amide bonds. The van der Waals surface area contributed by atoms with Crippen LogP contribution in [0.2, 0.25) is 0 Å².